The number of nitrogens with zero attached hydrogens (tertiary/aromatic N) is 1. The lowest BCUT2D eigenvalue weighted by molar-refractivity contribution is 0.313. The fourth-order valence-corrected chi connectivity index (χ4v) is 2.73. The Labute approximate surface area is 111 Å². The van der Waals surface area contributed by atoms with Gasteiger partial charge in [0, 0.05) is 35.7 Å². The first kappa shape index (κ1) is 12.9. The molecule has 1 aliphatic rings. The van der Waals surface area contributed by atoms with Gasteiger partial charge < -0.3 is 10.1 Å². The summed E-state index contributed by atoms with van der Waals surface area (Å²) >= 11 is 3.51. The van der Waals surface area contributed by atoms with Gasteiger partial charge in [0.2, 0.25) is 0 Å². The van der Waals surface area contributed by atoms with Crippen LogP contribution in [0.15, 0.2) is 22.7 Å². The fourth-order valence-electron chi connectivity index (χ4n) is 2.32. The van der Waals surface area contributed by atoms with Gasteiger partial charge in [-0.15, -0.1) is 0 Å². The third-order valence-corrected chi connectivity index (χ3v) is 3.81. The maximum absolute atomic E-state index is 5.40. The lowest BCUT2D eigenvalue weighted by Gasteiger charge is -2.18. The van der Waals surface area contributed by atoms with Crippen molar-refractivity contribution in [2.75, 3.05) is 27.2 Å². The van der Waals surface area contributed by atoms with E-state index in [4.69, 9.17) is 4.74 Å². The quantitative estimate of drug-likeness (QED) is 0.923. The van der Waals surface area contributed by atoms with Gasteiger partial charge in [-0.25, -0.2) is 0 Å². The molecular weight excluding hydrogens is 280 g/mol. The van der Waals surface area contributed by atoms with E-state index in [1.165, 1.54) is 12.0 Å². The zero-order valence-corrected chi connectivity index (χ0v) is 12.0. The maximum Gasteiger partial charge on any atom is 0.123 e. The van der Waals surface area contributed by atoms with Crippen molar-refractivity contribution in [3.8, 4) is 5.75 Å². The number of halogens is 1. The van der Waals surface area contributed by atoms with E-state index in [0.717, 1.165) is 29.9 Å². The summed E-state index contributed by atoms with van der Waals surface area (Å²) in [6.07, 6.45) is 1.23. The van der Waals surface area contributed by atoms with Crippen molar-refractivity contribution in [1.29, 1.82) is 0 Å². The Balaban J connectivity index is 2.05. The van der Waals surface area contributed by atoms with Gasteiger partial charge in [0.25, 0.3) is 0 Å². The summed E-state index contributed by atoms with van der Waals surface area (Å²) in [5, 5.41) is 3.34. The minimum absolute atomic E-state index is 0.633. The van der Waals surface area contributed by atoms with E-state index in [-0.39, 0.29) is 0 Å². The molecule has 0 aromatic heterocycles. The SMILES string of the molecule is CNC1CCN(Cc2cc(Br)ccc2OC)C1. The third-order valence-electron chi connectivity index (χ3n) is 3.32. The van der Waals surface area contributed by atoms with E-state index in [0.29, 0.717) is 6.04 Å². The third kappa shape index (κ3) is 3.21. The van der Waals surface area contributed by atoms with E-state index in [1.54, 1.807) is 7.11 Å². The first-order chi connectivity index (χ1) is 8.22. The predicted octanol–water partition coefficient (Wildman–Crippen LogP) is 2.25. The average Bonchev–Trinajstić information content (AvgIpc) is 2.77. The Kier molecular flexibility index (Phi) is 4.42. The molecule has 0 amide bonds. The number of likely N-dealkylation sites (N-methyl/N-ethyl adjacent to an activating group) is 1. The highest BCUT2D eigenvalue weighted by Crippen LogP contribution is 2.25. The molecule has 1 fully saturated rings. The minimum atomic E-state index is 0.633. The molecule has 0 bridgehead atoms. The minimum Gasteiger partial charge on any atom is -0.496 e. The van der Waals surface area contributed by atoms with Crippen LogP contribution in [0, 0.1) is 0 Å². The van der Waals surface area contributed by atoms with E-state index in [9.17, 15) is 0 Å². The number of hydrogen-bond acceptors (Lipinski definition) is 3. The number of likely N-dealkylation sites (tertiary alicyclic amines) is 1. The first-order valence-corrected chi connectivity index (χ1v) is 6.74. The van der Waals surface area contributed by atoms with Gasteiger partial charge in [0.05, 0.1) is 7.11 Å². The second-order valence-electron chi connectivity index (χ2n) is 4.47. The Hall–Kier alpha value is -0.580. The van der Waals surface area contributed by atoms with E-state index < -0.39 is 0 Å². The molecule has 4 heteroatoms. The molecule has 1 atom stereocenters. The van der Waals surface area contributed by atoms with Gasteiger partial charge in [0.15, 0.2) is 0 Å². The molecule has 0 spiro atoms. The van der Waals surface area contributed by atoms with Crippen LogP contribution in [-0.2, 0) is 6.54 Å². The number of rotatable bonds is 4. The first-order valence-electron chi connectivity index (χ1n) is 5.95. The van der Waals surface area contributed by atoms with Crippen molar-refractivity contribution >= 4 is 15.9 Å². The molecule has 1 saturated heterocycles. The average molecular weight is 299 g/mol. The molecule has 0 aliphatic carbocycles. The Bertz CT molecular complexity index is 384. The van der Waals surface area contributed by atoms with Crippen molar-refractivity contribution < 1.29 is 4.74 Å². The molecule has 1 unspecified atom stereocenters. The summed E-state index contributed by atoms with van der Waals surface area (Å²) in [6, 6.07) is 6.81. The summed E-state index contributed by atoms with van der Waals surface area (Å²) in [6.45, 7) is 3.23. The van der Waals surface area contributed by atoms with Crippen LogP contribution in [0.1, 0.15) is 12.0 Å². The Morgan fingerprint density at radius 1 is 1.53 bits per heavy atom. The van der Waals surface area contributed by atoms with E-state index in [1.807, 2.05) is 19.2 Å². The highest BCUT2D eigenvalue weighted by atomic mass is 79.9. The molecule has 2 rings (SSSR count). The monoisotopic (exact) mass is 298 g/mol. The van der Waals surface area contributed by atoms with Crippen molar-refractivity contribution in [1.82, 2.24) is 10.2 Å². The molecule has 1 aliphatic heterocycles. The molecular formula is C13H19BrN2O. The summed E-state index contributed by atoms with van der Waals surface area (Å²) in [7, 11) is 3.76. The van der Waals surface area contributed by atoms with Crippen LogP contribution in [-0.4, -0.2) is 38.2 Å². The molecule has 17 heavy (non-hydrogen) atoms. The lowest BCUT2D eigenvalue weighted by atomic mass is 10.2. The molecule has 3 nitrogen and oxygen atoms in total. The summed E-state index contributed by atoms with van der Waals surface area (Å²) < 4.78 is 6.51. The van der Waals surface area contributed by atoms with Crippen molar-refractivity contribution in [2.45, 2.75) is 19.0 Å². The molecule has 1 aromatic rings. The fraction of sp³-hybridized carbons (Fsp3) is 0.538. The topological polar surface area (TPSA) is 24.5 Å². The normalized spacial score (nSPS) is 20.8. The van der Waals surface area contributed by atoms with Crippen LogP contribution in [0.25, 0.3) is 0 Å². The zero-order valence-electron chi connectivity index (χ0n) is 10.4. The van der Waals surface area contributed by atoms with Crippen LogP contribution >= 0.6 is 15.9 Å². The second-order valence-corrected chi connectivity index (χ2v) is 5.38. The summed E-state index contributed by atoms with van der Waals surface area (Å²) in [5.74, 6) is 0.973. The predicted molar refractivity (Wildman–Crippen MR) is 73.4 cm³/mol. The van der Waals surface area contributed by atoms with Crippen LogP contribution in [0.3, 0.4) is 0 Å². The van der Waals surface area contributed by atoms with Gasteiger partial charge in [-0.3, -0.25) is 4.90 Å². The maximum atomic E-state index is 5.40. The highest BCUT2D eigenvalue weighted by molar-refractivity contribution is 9.10. The van der Waals surface area contributed by atoms with Gasteiger partial charge in [0.1, 0.15) is 5.75 Å². The lowest BCUT2D eigenvalue weighted by Crippen LogP contribution is -2.29. The van der Waals surface area contributed by atoms with Crippen molar-refractivity contribution in [3.63, 3.8) is 0 Å². The second kappa shape index (κ2) is 5.85. The highest BCUT2D eigenvalue weighted by Gasteiger charge is 2.21. The Morgan fingerprint density at radius 2 is 2.35 bits per heavy atom. The van der Waals surface area contributed by atoms with Gasteiger partial charge in [-0.05, 0) is 31.7 Å². The molecule has 0 saturated carbocycles. The van der Waals surface area contributed by atoms with Gasteiger partial charge >= 0.3 is 0 Å². The molecule has 1 aromatic carbocycles. The summed E-state index contributed by atoms with van der Waals surface area (Å²) in [4.78, 5) is 2.46. The van der Waals surface area contributed by atoms with E-state index >= 15 is 0 Å². The molecule has 94 valence electrons. The number of hydrogen-bond donors (Lipinski definition) is 1. The number of benzene rings is 1. The van der Waals surface area contributed by atoms with Crippen LogP contribution < -0.4 is 10.1 Å². The van der Waals surface area contributed by atoms with Gasteiger partial charge in [-0.2, -0.15) is 0 Å². The van der Waals surface area contributed by atoms with E-state index in [2.05, 4.69) is 32.2 Å². The Morgan fingerprint density at radius 3 is 3.00 bits per heavy atom. The molecule has 1 N–H and O–H groups in total. The smallest absolute Gasteiger partial charge is 0.123 e. The van der Waals surface area contributed by atoms with Crippen LogP contribution in [0.2, 0.25) is 0 Å². The van der Waals surface area contributed by atoms with Gasteiger partial charge in [-0.1, -0.05) is 15.9 Å². The van der Waals surface area contributed by atoms with Crippen molar-refractivity contribution in [2.24, 2.45) is 0 Å². The van der Waals surface area contributed by atoms with Crippen LogP contribution in [0.4, 0.5) is 0 Å². The number of methoxy groups -OCH3 is 1. The molecule has 0 radical (unpaired) electrons. The number of ether oxygens (including phenoxy) is 1. The standard InChI is InChI=1S/C13H19BrN2O/c1-15-12-5-6-16(9-12)8-10-7-11(14)3-4-13(10)17-2/h3-4,7,12,15H,5-6,8-9H2,1-2H3. The summed E-state index contributed by atoms with van der Waals surface area (Å²) in [5.41, 5.74) is 1.25. The van der Waals surface area contributed by atoms with Crippen molar-refractivity contribution in [3.05, 3.63) is 28.2 Å². The number of nitrogens with one attached hydrogen (secondary N) is 1. The molecule has 1 heterocycles. The zero-order chi connectivity index (χ0) is 12.3. The van der Waals surface area contributed by atoms with Crippen LogP contribution in [0.5, 0.6) is 5.75 Å². The largest absolute Gasteiger partial charge is 0.496 e.